The number of benzene rings is 2. The average Bonchev–Trinajstić information content (AvgIpc) is 3.60. The van der Waals surface area contributed by atoms with Crippen LogP contribution in [0.15, 0.2) is 86.8 Å². The van der Waals surface area contributed by atoms with Crippen molar-refractivity contribution in [1.82, 2.24) is 19.1 Å². The summed E-state index contributed by atoms with van der Waals surface area (Å²) in [6.07, 6.45) is 3.02. The van der Waals surface area contributed by atoms with Crippen molar-refractivity contribution in [2.24, 2.45) is 22.3 Å². The maximum atomic E-state index is 13.6. The van der Waals surface area contributed by atoms with Crippen molar-refractivity contribution < 1.29 is 4.39 Å². The van der Waals surface area contributed by atoms with E-state index < -0.39 is 5.95 Å². The summed E-state index contributed by atoms with van der Waals surface area (Å²) in [6.45, 7) is 4.82. The molecule has 4 aromatic rings. The van der Waals surface area contributed by atoms with Crippen molar-refractivity contribution in [2.45, 2.75) is 37.9 Å². The molecule has 1 aliphatic heterocycles. The molecule has 2 atom stereocenters. The number of pyridine rings is 1. The highest BCUT2D eigenvalue weighted by molar-refractivity contribution is 5.59. The zero-order valence-corrected chi connectivity index (χ0v) is 22.6. The summed E-state index contributed by atoms with van der Waals surface area (Å²) < 4.78 is 17.3. The van der Waals surface area contributed by atoms with Gasteiger partial charge in [0, 0.05) is 18.3 Å². The topological polar surface area (TPSA) is 109 Å². The third kappa shape index (κ3) is 5.18. The lowest BCUT2D eigenvalue weighted by molar-refractivity contribution is 0.279. The van der Waals surface area contributed by atoms with Crippen molar-refractivity contribution in [2.75, 3.05) is 12.0 Å². The lowest BCUT2D eigenvalue weighted by Crippen LogP contribution is -2.57. The van der Waals surface area contributed by atoms with E-state index in [1.54, 1.807) is 48.0 Å². The highest BCUT2D eigenvalue weighted by Crippen LogP contribution is 2.32. The number of halogens is 1. The minimum Gasteiger partial charge on any atom is -0.367 e. The Kier molecular flexibility index (Phi) is 7.00. The van der Waals surface area contributed by atoms with E-state index >= 15 is 0 Å². The molecule has 1 aliphatic carbocycles. The fraction of sp³-hybridized carbons (Fsp3) is 0.267. The van der Waals surface area contributed by atoms with Crippen molar-refractivity contribution in [3.05, 3.63) is 110 Å². The molecule has 2 aromatic heterocycles. The maximum Gasteiger partial charge on any atom is 0.263 e. The molecule has 41 heavy (non-hydrogen) atoms. The van der Waals surface area contributed by atoms with E-state index in [0.29, 0.717) is 40.9 Å². The van der Waals surface area contributed by atoms with E-state index in [-0.39, 0.29) is 17.6 Å². The van der Waals surface area contributed by atoms with Crippen LogP contribution in [0.25, 0.3) is 17.8 Å². The molecule has 0 saturated heterocycles. The van der Waals surface area contributed by atoms with Crippen LogP contribution in [0.3, 0.4) is 0 Å². The third-order valence-electron chi connectivity index (χ3n) is 7.64. The van der Waals surface area contributed by atoms with Gasteiger partial charge >= 0.3 is 0 Å². The van der Waals surface area contributed by atoms with Gasteiger partial charge in [0.05, 0.1) is 29.5 Å². The van der Waals surface area contributed by atoms with Crippen LogP contribution in [0.5, 0.6) is 0 Å². The summed E-state index contributed by atoms with van der Waals surface area (Å²) in [5.74, 6) is -0.529. The van der Waals surface area contributed by atoms with E-state index in [4.69, 9.17) is 10.1 Å². The zero-order valence-electron chi connectivity index (χ0n) is 22.6. The van der Waals surface area contributed by atoms with Crippen LogP contribution in [-0.4, -0.2) is 31.8 Å². The van der Waals surface area contributed by atoms with Crippen LogP contribution < -0.4 is 27.2 Å². The molecule has 0 unspecified atom stereocenters. The van der Waals surface area contributed by atoms with Crippen LogP contribution >= 0.6 is 0 Å². The number of anilines is 1. The van der Waals surface area contributed by atoms with Gasteiger partial charge in [-0.3, -0.25) is 18.9 Å². The average molecular weight is 553 g/mol. The number of aromatic nitrogens is 3. The molecule has 0 radical (unpaired) electrons. The number of nitroso groups, excluding NO2 is 1. The van der Waals surface area contributed by atoms with Gasteiger partial charge in [-0.05, 0) is 66.4 Å². The first kappa shape index (κ1) is 26.3. The highest BCUT2D eigenvalue weighted by atomic mass is 19.1. The molecule has 3 heterocycles. The van der Waals surface area contributed by atoms with E-state index in [0.717, 1.165) is 36.1 Å². The number of rotatable bonds is 8. The molecule has 11 heteroatoms. The molecule has 0 amide bonds. The van der Waals surface area contributed by atoms with Crippen molar-refractivity contribution in [3.8, 4) is 11.3 Å². The van der Waals surface area contributed by atoms with Crippen LogP contribution in [0.4, 0.5) is 15.8 Å². The van der Waals surface area contributed by atoms with E-state index in [2.05, 4.69) is 26.6 Å². The first-order chi connectivity index (χ1) is 19.9. The Morgan fingerprint density at radius 3 is 2.61 bits per heavy atom. The number of hydrogen-bond donors (Lipinski definition) is 1. The summed E-state index contributed by atoms with van der Waals surface area (Å²) in [6, 6.07) is 19.5. The van der Waals surface area contributed by atoms with Gasteiger partial charge in [0.15, 0.2) is 5.49 Å². The quantitative estimate of drug-likeness (QED) is 0.156. The van der Waals surface area contributed by atoms with Gasteiger partial charge in [-0.1, -0.05) is 36.9 Å². The van der Waals surface area contributed by atoms with Gasteiger partial charge < -0.3 is 5.32 Å². The molecular weight excluding hydrogens is 523 g/mol. The Morgan fingerprint density at radius 1 is 1.10 bits per heavy atom. The van der Waals surface area contributed by atoms with Gasteiger partial charge in [-0.25, -0.2) is 9.98 Å². The Balaban J connectivity index is 1.37. The van der Waals surface area contributed by atoms with E-state index in [1.165, 1.54) is 6.07 Å². The first-order valence-corrected chi connectivity index (χ1v) is 13.5. The van der Waals surface area contributed by atoms with Crippen LogP contribution in [0, 0.1) is 10.9 Å². The molecule has 10 nitrogen and oxygen atoms in total. The minimum atomic E-state index is -0.529. The molecule has 6 rings (SSSR count). The van der Waals surface area contributed by atoms with Gasteiger partial charge in [0.25, 0.3) is 5.56 Å². The highest BCUT2D eigenvalue weighted by Gasteiger charge is 2.35. The second-order valence-corrected chi connectivity index (χ2v) is 10.3. The second kappa shape index (κ2) is 10.9. The molecule has 0 spiro atoms. The van der Waals surface area contributed by atoms with Crippen molar-refractivity contribution in [1.29, 1.82) is 0 Å². The minimum absolute atomic E-state index is 0.136. The van der Waals surface area contributed by atoms with Crippen molar-refractivity contribution >= 4 is 18.0 Å². The first-order valence-electron chi connectivity index (χ1n) is 13.5. The maximum absolute atomic E-state index is 13.6. The number of hydrogen-bond acceptors (Lipinski definition) is 8. The number of nitrogens with zero attached hydrogens (tertiary/aromatic N) is 7. The summed E-state index contributed by atoms with van der Waals surface area (Å²) >= 11 is 0. The lowest BCUT2D eigenvalue weighted by Gasteiger charge is -2.22. The standard InChI is InChI=1S/C30H29FN8O2/c1-19-28(39-26-7-3-6-25(26)34-30(39)37(2)29(19)40)35-38(18-32-22-13-15-23(36-41)16-14-22)17-20-9-11-21(12-10-20)24-5-4-8-27(31)33-24/h4-5,8-16,25-26,32H,1,3,6-7,17-18H2,2H3/b35-28+/t25-,26+/m1/s1. The number of nitrogens with one attached hydrogen (secondary N) is 1. The molecule has 2 aliphatic rings. The number of fused-ring (bicyclic) bond motifs is 3. The van der Waals surface area contributed by atoms with Gasteiger partial charge in [-0.15, -0.1) is 4.91 Å². The van der Waals surface area contributed by atoms with E-state index in [1.807, 2.05) is 29.3 Å². The predicted octanol–water partition coefficient (Wildman–Crippen LogP) is 3.31. The Bertz CT molecular complexity index is 1850. The third-order valence-corrected chi connectivity index (χ3v) is 7.64. The fourth-order valence-corrected chi connectivity index (χ4v) is 5.52. The monoisotopic (exact) mass is 552 g/mol. The molecular formula is C30H29FN8O2. The Hall–Kier alpha value is -4.93. The van der Waals surface area contributed by atoms with Crippen LogP contribution in [0.2, 0.25) is 0 Å². The lowest BCUT2D eigenvalue weighted by atomic mass is 10.1. The molecule has 1 N–H and O–H groups in total. The van der Waals surface area contributed by atoms with E-state index in [9.17, 15) is 14.1 Å². The Labute approximate surface area is 234 Å². The largest absolute Gasteiger partial charge is 0.367 e. The molecule has 2 aromatic carbocycles. The van der Waals surface area contributed by atoms with Crippen molar-refractivity contribution in [3.63, 3.8) is 0 Å². The van der Waals surface area contributed by atoms with Crippen LogP contribution in [-0.2, 0) is 13.6 Å². The summed E-state index contributed by atoms with van der Waals surface area (Å²) in [5.41, 5.74) is 4.33. The molecule has 208 valence electrons. The summed E-state index contributed by atoms with van der Waals surface area (Å²) in [5, 5.41) is 13.4. The van der Waals surface area contributed by atoms with Gasteiger partial charge in [0.1, 0.15) is 12.4 Å². The zero-order chi connectivity index (χ0) is 28.5. The van der Waals surface area contributed by atoms with Gasteiger partial charge in [-0.2, -0.15) is 9.49 Å². The fourth-order valence-electron chi connectivity index (χ4n) is 5.52. The van der Waals surface area contributed by atoms with Gasteiger partial charge in [0.2, 0.25) is 11.6 Å². The SMILES string of the molecule is C=c1c(=O)n(C)c2n(/c1=N/N(CNc1ccc(N=O)cc1)Cc1ccc(-c3cccc(F)n3)cc1)[C@H]1CCC[C@H]1N=2. The summed E-state index contributed by atoms with van der Waals surface area (Å²) in [4.78, 5) is 32.8. The Morgan fingerprint density at radius 2 is 1.88 bits per heavy atom. The molecule has 1 fully saturated rings. The second-order valence-electron chi connectivity index (χ2n) is 10.3. The predicted molar refractivity (Wildman–Crippen MR) is 154 cm³/mol. The smallest absolute Gasteiger partial charge is 0.263 e. The summed E-state index contributed by atoms with van der Waals surface area (Å²) in [7, 11) is 1.73. The van der Waals surface area contributed by atoms with Crippen LogP contribution in [0.1, 0.15) is 30.9 Å². The molecule has 1 saturated carbocycles. The molecule has 0 bridgehead atoms. The normalized spacial score (nSPS) is 17.6.